The van der Waals surface area contributed by atoms with E-state index in [1.165, 1.54) is 25.7 Å². The Hall–Kier alpha value is -0.260. The van der Waals surface area contributed by atoms with Crippen LogP contribution in [0.1, 0.15) is 45.4 Å². The first kappa shape index (κ1) is 8.34. The average molecular weight is 164 g/mol. The number of allylic oxidation sites excluding steroid dienone is 2. The van der Waals surface area contributed by atoms with Crippen molar-refractivity contribution >= 4 is 0 Å². The molecule has 0 nitrogen and oxygen atoms in total. The van der Waals surface area contributed by atoms with Gasteiger partial charge in [0, 0.05) is 0 Å². The Kier molecular flexibility index (Phi) is 2.53. The van der Waals surface area contributed by atoms with Crippen molar-refractivity contribution in [1.29, 1.82) is 0 Å². The van der Waals surface area contributed by atoms with Crippen LogP contribution < -0.4 is 0 Å². The van der Waals surface area contributed by atoms with E-state index in [0.29, 0.717) is 0 Å². The molecule has 0 heterocycles. The Balaban J connectivity index is 1.70. The minimum atomic E-state index is 1.04. The Labute approximate surface area is 76.1 Å². The Morgan fingerprint density at radius 3 is 2.75 bits per heavy atom. The topological polar surface area (TPSA) is 0 Å². The maximum Gasteiger partial charge on any atom is -0.0322 e. The van der Waals surface area contributed by atoms with Gasteiger partial charge in [-0.15, -0.1) is 0 Å². The summed E-state index contributed by atoms with van der Waals surface area (Å²) >= 11 is 0. The van der Waals surface area contributed by atoms with Gasteiger partial charge < -0.3 is 0 Å². The lowest BCUT2D eigenvalue weighted by molar-refractivity contribution is 0.346. The van der Waals surface area contributed by atoms with Crippen LogP contribution in [0.3, 0.4) is 0 Å². The van der Waals surface area contributed by atoms with E-state index in [-0.39, 0.29) is 0 Å². The van der Waals surface area contributed by atoms with E-state index in [1.54, 1.807) is 12.8 Å². The van der Waals surface area contributed by atoms with E-state index in [4.69, 9.17) is 0 Å². The summed E-state index contributed by atoms with van der Waals surface area (Å²) in [6.07, 6.45) is 13.4. The van der Waals surface area contributed by atoms with E-state index in [9.17, 15) is 0 Å². The molecule has 2 aliphatic rings. The lowest BCUT2D eigenvalue weighted by atomic mass is 9.87. The van der Waals surface area contributed by atoms with Crippen LogP contribution in [0.5, 0.6) is 0 Å². The maximum atomic E-state index is 2.40. The molecule has 2 saturated carbocycles. The van der Waals surface area contributed by atoms with Gasteiger partial charge in [-0.05, 0) is 56.3 Å². The summed E-state index contributed by atoms with van der Waals surface area (Å²) in [4.78, 5) is 0. The number of fused-ring (bicyclic) bond motifs is 1. The standard InChI is InChI=1S/C12H20/c1-2-3-4-5-10-6-7-11-9-12(11)8-10/h3-4,10-12H,2,5-9H2,1H3/b4-3+. The molecule has 0 heteroatoms. The molecule has 0 aromatic rings. The van der Waals surface area contributed by atoms with Gasteiger partial charge in [0.1, 0.15) is 0 Å². The highest BCUT2D eigenvalue weighted by Crippen LogP contribution is 2.51. The number of hydrogen-bond acceptors (Lipinski definition) is 0. The van der Waals surface area contributed by atoms with Crippen molar-refractivity contribution < 1.29 is 0 Å². The van der Waals surface area contributed by atoms with Crippen molar-refractivity contribution in [2.75, 3.05) is 0 Å². The van der Waals surface area contributed by atoms with Gasteiger partial charge in [-0.3, -0.25) is 0 Å². The van der Waals surface area contributed by atoms with Crippen LogP contribution in [0.2, 0.25) is 0 Å². The minimum Gasteiger partial charge on any atom is -0.0888 e. The van der Waals surface area contributed by atoms with Crippen LogP contribution in [-0.4, -0.2) is 0 Å². The first-order valence-electron chi connectivity index (χ1n) is 5.55. The molecule has 2 rings (SSSR count). The molecule has 3 atom stereocenters. The van der Waals surface area contributed by atoms with Gasteiger partial charge in [0.15, 0.2) is 0 Å². The second kappa shape index (κ2) is 3.64. The van der Waals surface area contributed by atoms with Gasteiger partial charge in [-0.25, -0.2) is 0 Å². The molecule has 68 valence electrons. The second-order valence-electron chi connectivity index (χ2n) is 4.55. The fourth-order valence-corrected chi connectivity index (χ4v) is 2.62. The fraction of sp³-hybridized carbons (Fsp3) is 0.833. The largest absolute Gasteiger partial charge is 0.0888 e. The van der Waals surface area contributed by atoms with Crippen molar-refractivity contribution in [3.63, 3.8) is 0 Å². The Morgan fingerprint density at radius 2 is 2.00 bits per heavy atom. The molecule has 12 heavy (non-hydrogen) atoms. The molecule has 0 bridgehead atoms. The summed E-state index contributed by atoms with van der Waals surface area (Å²) in [5, 5.41) is 0. The molecule has 0 spiro atoms. The lowest BCUT2D eigenvalue weighted by Crippen LogP contribution is -2.07. The van der Waals surface area contributed by atoms with E-state index < -0.39 is 0 Å². The summed E-state index contributed by atoms with van der Waals surface area (Å²) < 4.78 is 0. The quantitative estimate of drug-likeness (QED) is 0.557. The van der Waals surface area contributed by atoms with E-state index in [0.717, 1.165) is 17.8 Å². The van der Waals surface area contributed by atoms with Gasteiger partial charge in [-0.1, -0.05) is 19.1 Å². The molecule has 0 aliphatic heterocycles. The first-order chi connectivity index (χ1) is 5.90. The van der Waals surface area contributed by atoms with Crippen LogP contribution in [0.15, 0.2) is 12.2 Å². The highest BCUT2D eigenvalue weighted by molar-refractivity contribution is 4.94. The third-order valence-electron chi connectivity index (χ3n) is 3.52. The van der Waals surface area contributed by atoms with Crippen LogP contribution in [0, 0.1) is 17.8 Å². The first-order valence-corrected chi connectivity index (χ1v) is 5.55. The third-order valence-corrected chi connectivity index (χ3v) is 3.52. The summed E-state index contributed by atoms with van der Waals surface area (Å²) in [6.45, 7) is 2.22. The fourth-order valence-electron chi connectivity index (χ4n) is 2.62. The summed E-state index contributed by atoms with van der Waals surface area (Å²) in [6, 6.07) is 0. The molecular formula is C12H20. The highest BCUT2D eigenvalue weighted by Gasteiger charge is 2.41. The SMILES string of the molecule is CC/C=C/CC1CCC2CC2C1. The monoisotopic (exact) mass is 164 g/mol. The zero-order valence-electron chi connectivity index (χ0n) is 8.13. The van der Waals surface area contributed by atoms with Crippen LogP contribution >= 0.6 is 0 Å². The predicted molar refractivity (Wildman–Crippen MR) is 53.0 cm³/mol. The number of rotatable bonds is 3. The number of hydrogen-bond donors (Lipinski definition) is 0. The molecule has 3 unspecified atom stereocenters. The maximum absolute atomic E-state index is 2.40. The van der Waals surface area contributed by atoms with Crippen LogP contribution in [-0.2, 0) is 0 Å². The molecule has 2 fully saturated rings. The van der Waals surface area contributed by atoms with E-state index >= 15 is 0 Å². The average Bonchev–Trinajstić information content (AvgIpc) is 2.83. The molecule has 0 amide bonds. The van der Waals surface area contributed by atoms with Gasteiger partial charge >= 0.3 is 0 Å². The summed E-state index contributed by atoms with van der Waals surface area (Å²) in [5.41, 5.74) is 0. The second-order valence-corrected chi connectivity index (χ2v) is 4.55. The molecule has 0 radical (unpaired) electrons. The zero-order valence-corrected chi connectivity index (χ0v) is 8.13. The smallest absolute Gasteiger partial charge is 0.0322 e. The molecule has 2 aliphatic carbocycles. The highest BCUT2D eigenvalue weighted by atomic mass is 14.5. The Morgan fingerprint density at radius 1 is 1.08 bits per heavy atom. The lowest BCUT2D eigenvalue weighted by Gasteiger charge is -2.19. The third kappa shape index (κ3) is 1.91. The zero-order chi connectivity index (χ0) is 8.39. The van der Waals surface area contributed by atoms with Crippen molar-refractivity contribution in [2.45, 2.75) is 45.4 Å². The van der Waals surface area contributed by atoms with Gasteiger partial charge in [0.2, 0.25) is 0 Å². The normalized spacial score (nSPS) is 39.9. The van der Waals surface area contributed by atoms with Crippen LogP contribution in [0.4, 0.5) is 0 Å². The van der Waals surface area contributed by atoms with Gasteiger partial charge in [0.25, 0.3) is 0 Å². The van der Waals surface area contributed by atoms with Crippen molar-refractivity contribution in [2.24, 2.45) is 17.8 Å². The summed E-state index contributed by atoms with van der Waals surface area (Å²) in [5.74, 6) is 3.35. The predicted octanol–water partition coefficient (Wildman–Crippen LogP) is 3.78. The molecular weight excluding hydrogens is 144 g/mol. The minimum absolute atomic E-state index is 1.04. The summed E-state index contributed by atoms with van der Waals surface area (Å²) in [7, 11) is 0. The molecule has 0 aromatic carbocycles. The van der Waals surface area contributed by atoms with Crippen molar-refractivity contribution in [1.82, 2.24) is 0 Å². The van der Waals surface area contributed by atoms with Crippen molar-refractivity contribution in [3.05, 3.63) is 12.2 Å². The molecule has 0 N–H and O–H groups in total. The van der Waals surface area contributed by atoms with Gasteiger partial charge in [-0.2, -0.15) is 0 Å². The molecule has 0 aromatic heterocycles. The Bertz CT molecular complexity index is 169. The van der Waals surface area contributed by atoms with E-state index in [1.807, 2.05) is 0 Å². The van der Waals surface area contributed by atoms with Crippen LogP contribution in [0.25, 0.3) is 0 Å². The molecule has 0 saturated heterocycles. The van der Waals surface area contributed by atoms with Gasteiger partial charge in [0.05, 0.1) is 0 Å². The van der Waals surface area contributed by atoms with Crippen molar-refractivity contribution in [3.8, 4) is 0 Å². The van der Waals surface area contributed by atoms with E-state index in [2.05, 4.69) is 19.1 Å².